The second-order valence-corrected chi connectivity index (χ2v) is 13.9. The van der Waals surface area contributed by atoms with Gasteiger partial charge in [0.05, 0.1) is 45.4 Å². The Labute approximate surface area is 328 Å². The van der Waals surface area contributed by atoms with Crippen LogP contribution in [-0.4, -0.2) is 73.3 Å². The molecule has 0 aliphatic carbocycles. The molecule has 294 valence electrons. The summed E-state index contributed by atoms with van der Waals surface area (Å²) in [6.07, 6.45) is 2.81. The molecule has 4 aromatic carbocycles. The maximum Gasteiger partial charge on any atom is 0.325 e. The summed E-state index contributed by atoms with van der Waals surface area (Å²) >= 11 is 0. The largest absolute Gasteiger partial charge is 0.497 e. The number of benzene rings is 4. The van der Waals surface area contributed by atoms with Crippen LogP contribution in [-0.2, 0) is 28.7 Å². The maximum atomic E-state index is 15.0. The highest BCUT2D eigenvalue weighted by atomic mass is 16.5. The Morgan fingerprint density at radius 2 is 0.964 bits per heavy atom. The van der Waals surface area contributed by atoms with E-state index in [0.717, 1.165) is 12.8 Å². The van der Waals surface area contributed by atoms with Gasteiger partial charge in [0.2, 0.25) is 11.8 Å². The number of hydrazine groups is 1. The van der Waals surface area contributed by atoms with Gasteiger partial charge in [-0.2, -0.15) is 0 Å². The zero-order valence-electron chi connectivity index (χ0n) is 32.3. The number of carbonyl (C=O) groups excluding carboxylic acids is 4. The van der Waals surface area contributed by atoms with Crippen LogP contribution in [0.3, 0.4) is 0 Å². The number of fused-ring (bicyclic) bond motifs is 1. The molecule has 6 atom stereocenters. The highest BCUT2D eigenvalue weighted by molar-refractivity contribution is 6.01. The van der Waals surface area contributed by atoms with Crippen LogP contribution in [0, 0.1) is 11.8 Å². The van der Waals surface area contributed by atoms with Gasteiger partial charge in [-0.25, -0.2) is 10.0 Å². The lowest BCUT2D eigenvalue weighted by Crippen LogP contribution is -2.48. The molecular weight excluding hydrogens is 713 g/mol. The minimum atomic E-state index is -1.27. The van der Waals surface area contributed by atoms with Crippen LogP contribution >= 0.6 is 0 Å². The molecule has 2 aliphatic heterocycles. The molecule has 0 bridgehead atoms. The van der Waals surface area contributed by atoms with Gasteiger partial charge in [-0.3, -0.25) is 19.2 Å². The number of anilines is 2. The molecule has 6 rings (SSSR count). The van der Waals surface area contributed by atoms with Crippen LogP contribution in [0.15, 0.2) is 109 Å². The van der Waals surface area contributed by atoms with Crippen LogP contribution in [0.2, 0.25) is 0 Å². The second-order valence-electron chi connectivity index (χ2n) is 13.9. The molecule has 12 nitrogen and oxygen atoms in total. The number of para-hydroxylation sites is 2. The Morgan fingerprint density at radius 3 is 1.43 bits per heavy atom. The van der Waals surface area contributed by atoms with Gasteiger partial charge in [0.15, 0.2) is 0 Å². The van der Waals surface area contributed by atoms with Crippen LogP contribution < -0.4 is 20.1 Å². The van der Waals surface area contributed by atoms with E-state index in [-0.39, 0.29) is 13.2 Å². The van der Waals surface area contributed by atoms with Crippen molar-refractivity contribution >= 4 is 35.1 Å². The minimum Gasteiger partial charge on any atom is -0.497 e. The number of methoxy groups -OCH3 is 2. The highest BCUT2D eigenvalue weighted by Crippen LogP contribution is 2.56. The first kappa shape index (κ1) is 40.0. The quantitative estimate of drug-likeness (QED) is 0.0911. The second kappa shape index (κ2) is 18.7. The Kier molecular flexibility index (Phi) is 13.4. The lowest BCUT2D eigenvalue weighted by Gasteiger charge is -2.33. The van der Waals surface area contributed by atoms with Crippen molar-refractivity contribution in [1.29, 1.82) is 0 Å². The van der Waals surface area contributed by atoms with E-state index >= 15 is 0 Å². The molecule has 2 aliphatic rings. The summed E-state index contributed by atoms with van der Waals surface area (Å²) in [4.78, 5) is 59.2. The summed E-state index contributed by atoms with van der Waals surface area (Å²) in [5.41, 5.74) is 2.30. The Balaban J connectivity index is 1.60. The predicted molar refractivity (Wildman–Crippen MR) is 212 cm³/mol. The van der Waals surface area contributed by atoms with Gasteiger partial charge < -0.3 is 29.6 Å². The van der Waals surface area contributed by atoms with Gasteiger partial charge >= 0.3 is 11.9 Å². The maximum absolute atomic E-state index is 15.0. The topological polar surface area (TPSA) is 136 Å². The monoisotopic (exact) mass is 762 g/mol. The lowest BCUT2D eigenvalue weighted by molar-refractivity contribution is -0.158. The van der Waals surface area contributed by atoms with E-state index in [1.165, 1.54) is 0 Å². The number of hydrogen-bond acceptors (Lipinski definition) is 10. The van der Waals surface area contributed by atoms with Crippen molar-refractivity contribution in [2.45, 2.75) is 63.7 Å². The molecule has 0 aromatic heterocycles. The Morgan fingerprint density at radius 1 is 0.536 bits per heavy atom. The van der Waals surface area contributed by atoms with Gasteiger partial charge in [0, 0.05) is 11.4 Å². The number of rotatable bonds is 16. The van der Waals surface area contributed by atoms with E-state index in [4.69, 9.17) is 18.9 Å². The smallest absolute Gasteiger partial charge is 0.325 e. The number of nitrogens with zero attached hydrogens (tertiary/aromatic N) is 2. The normalized spacial score (nSPS) is 21.8. The first-order chi connectivity index (χ1) is 27.3. The SMILES string of the molecule is CCCCOC(=O)[C@@H]1[C@H](C(=O)Nc2ccccc2)N2[C@H](c3ccc(OC)cc3)[C@H](C(=O)Nc3ccccc3)[C@H](C(=O)OCCCC)N2[C@H]1c1ccc(OC)cc1. The summed E-state index contributed by atoms with van der Waals surface area (Å²) < 4.78 is 22.9. The number of carbonyl (C=O) groups is 4. The average Bonchev–Trinajstić information content (AvgIpc) is 3.75. The minimum absolute atomic E-state index is 0.132. The molecule has 0 unspecified atom stereocenters. The molecule has 2 N–H and O–H groups in total. The lowest BCUT2D eigenvalue weighted by atomic mass is 9.81. The van der Waals surface area contributed by atoms with Crippen LogP contribution in [0.1, 0.15) is 62.7 Å². The molecule has 2 amide bonds. The third-order valence-electron chi connectivity index (χ3n) is 10.3. The van der Waals surface area contributed by atoms with E-state index in [1.807, 2.05) is 62.4 Å². The molecule has 56 heavy (non-hydrogen) atoms. The third kappa shape index (κ3) is 8.56. The van der Waals surface area contributed by atoms with Crippen LogP contribution in [0.25, 0.3) is 0 Å². The molecule has 2 saturated heterocycles. The number of esters is 2. The predicted octanol–water partition coefficient (Wildman–Crippen LogP) is 6.97. The van der Waals surface area contributed by atoms with Crippen molar-refractivity contribution in [2.24, 2.45) is 11.8 Å². The van der Waals surface area contributed by atoms with E-state index < -0.39 is 59.8 Å². The first-order valence-corrected chi connectivity index (χ1v) is 19.2. The summed E-state index contributed by atoms with van der Waals surface area (Å²) in [7, 11) is 3.12. The van der Waals surface area contributed by atoms with E-state index in [0.29, 0.717) is 46.8 Å². The van der Waals surface area contributed by atoms with Crippen LogP contribution in [0.5, 0.6) is 11.5 Å². The molecule has 2 heterocycles. The van der Waals surface area contributed by atoms with E-state index in [9.17, 15) is 19.2 Å². The Hall–Kier alpha value is -5.72. The highest BCUT2D eigenvalue weighted by Gasteiger charge is 2.68. The van der Waals surface area contributed by atoms with Crippen molar-refractivity contribution in [3.63, 3.8) is 0 Å². The fraction of sp³-hybridized carbons (Fsp3) is 0.364. The molecule has 2 fully saturated rings. The number of unbranched alkanes of at least 4 members (excludes halogenated alkanes) is 2. The van der Waals surface area contributed by atoms with Gasteiger partial charge in [0.1, 0.15) is 29.5 Å². The summed E-state index contributed by atoms with van der Waals surface area (Å²) in [5.74, 6) is -3.31. The standard InChI is InChI=1S/C44H50N4O8/c1-5-7-27-55-43(51)36-38(30-21-25-34(54-4)26-22-30)48-40(44(52)56-28-8-6-2)35(41(49)45-31-15-11-9-12-16-31)37(29-19-23-33(53-3)24-20-29)47(48)39(36)42(50)46-32-17-13-10-14-18-32/h9-26,35-40H,5-8,27-28H2,1-4H3,(H,45,49)(H,46,50)/t35-,36-,37+,38-,39+,40+/m0/s1. The van der Waals surface area contributed by atoms with Crippen molar-refractivity contribution in [1.82, 2.24) is 10.0 Å². The first-order valence-electron chi connectivity index (χ1n) is 19.2. The fourth-order valence-corrected chi connectivity index (χ4v) is 7.63. The summed E-state index contributed by atoms with van der Waals surface area (Å²) in [5, 5.41) is 9.55. The van der Waals surface area contributed by atoms with E-state index in [1.54, 1.807) is 84.9 Å². The fourth-order valence-electron chi connectivity index (χ4n) is 7.63. The molecule has 12 heteroatoms. The molecule has 4 aromatic rings. The zero-order valence-corrected chi connectivity index (χ0v) is 32.3. The Bertz CT molecular complexity index is 1930. The average molecular weight is 763 g/mol. The van der Waals surface area contributed by atoms with Gasteiger partial charge in [-0.05, 0) is 72.5 Å². The molecular formula is C44H50N4O8. The van der Waals surface area contributed by atoms with Crippen molar-refractivity contribution in [2.75, 3.05) is 38.1 Å². The number of amides is 2. The molecule has 0 spiro atoms. The zero-order chi connectivity index (χ0) is 39.6. The van der Waals surface area contributed by atoms with Crippen molar-refractivity contribution in [3.8, 4) is 11.5 Å². The van der Waals surface area contributed by atoms with Gasteiger partial charge in [0.25, 0.3) is 0 Å². The number of hydrogen-bond donors (Lipinski definition) is 2. The summed E-state index contributed by atoms with van der Waals surface area (Å²) in [6.45, 7) is 4.27. The number of ether oxygens (including phenoxy) is 4. The van der Waals surface area contributed by atoms with Gasteiger partial charge in [-0.1, -0.05) is 87.4 Å². The van der Waals surface area contributed by atoms with Crippen LogP contribution in [0.4, 0.5) is 11.4 Å². The van der Waals surface area contributed by atoms with E-state index in [2.05, 4.69) is 10.6 Å². The summed E-state index contributed by atoms with van der Waals surface area (Å²) in [6, 6.07) is 27.9. The molecule has 0 radical (unpaired) electrons. The van der Waals surface area contributed by atoms with Crippen molar-refractivity contribution < 1.29 is 38.1 Å². The van der Waals surface area contributed by atoms with Crippen molar-refractivity contribution in [3.05, 3.63) is 120 Å². The third-order valence-corrected chi connectivity index (χ3v) is 10.3. The number of nitrogens with one attached hydrogen (secondary N) is 2. The molecule has 0 saturated carbocycles. The van der Waals surface area contributed by atoms with Gasteiger partial charge in [-0.15, -0.1) is 0 Å².